The molecule has 28 heavy (non-hydrogen) atoms. The third-order valence-corrected chi connectivity index (χ3v) is 5.90. The van der Waals surface area contributed by atoms with Crippen molar-refractivity contribution in [3.8, 4) is 0 Å². The number of carbonyl (C=O) groups is 1. The van der Waals surface area contributed by atoms with Crippen LogP contribution in [-0.4, -0.2) is 27.3 Å². The molecule has 0 saturated heterocycles. The minimum atomic E-state index is -0.111. The number of allylic oxidation sites excluding steroid dienone is 1. The van der Waals surface area contributed by atoms with Crippen molar-refractivity contribution in [2.75, 3.05) is 10.7 Å². The van der Waals surface area contributed by atoms with Crippen molar-refractivity contribution in [3.63, 3.8) is 0 Å². The van der Waals surface area contributed by atoms with Gasteiger partial charge in [-0.3, -0.25) is 14.2 Å². The second-order valence-corrected chi connectivity index (χ2v) is 7.79. The number of benzene rings is 2. The summed E-state index contributed by atoms with van der Waals surface area (Å²) < 4.78 is 1.58. The van der Waals surface area contributed by atoms with Crippen LogP contribution in [0.25, 0.3) is 10.9 Å². The van der Waals surface area contributed by atoms with Gasteiger partial charge in [-0.1, -0.05) is 48.2 Å². The first-order valence-corrected chi connectivity index (χ1v) is 10.2. The van der Waals surface area contributed by atoms with Gasteiger partial charge in [0.2, 0.25) is 5.91 Å². The Hall–Kier alpha value is -2.86. The number of rotatable bonds is 5. The maximum absolute atomic E-state index is 13.0. The van der Waals surface area contributed by atoms with Gasteiger partial charge < -0.3 is 4.90 Å². The number of thioether (sulfide) groups is 1. The second kappa shape index (κ2) is 7.64. The van der Waals surface area contributed by atoms with Crippen LogP contribution in [0.15, 0.2) is 71.1 Å². The van der Waals surface area contributed by atoms with Crippen LogP contribution in [0.1, 0.15) is 12.5 Å². The van der Waals surface area contributed by atoms with Crippen molar-refractivity contribution in [2.45, 2.75) is 31.1 Å². The topological polar surface area (TPSA) is 55.2 Å². The summed E-state index contributed by atoms with van der Waals surface area (Å²) in [7, 11) is 0. The molecule has 5 nitrogen and oxygen atoms in total. The molecule has 1 aliphatic rings. The van der Waals surface area contributed by atoms with Gasteiger partial charge in [0.25, 0.3) is 5.56 Å². The Balaban J connectivity index is 1.62. The molecule has 4 rings (SSSR count). The Bertz CT molecular complexity index is 1120. The van der Waals surface area contributed by atoms with E-state index in [9.17, 15) is 9.59 Å². The molecule has 0 spiro atoms. The number of carbonyl (C=O) groups excluding carboxylic acids is 1. The molecular weight excluding hydrogens is 370 g/mol. The highest BCUT2D eigenvalue weighted by atomic mass is 32.2. The summed E-state index contributed by atoms with van der Waals surface area (Å²) in [6.45, 7) is 6.16. The molecule has 1 amide bonds. The molecule has 2 heterocycles. The number of fused-ring (bicyclic) bond motifs is 2. The van der Waals surface area contributed by atoms with E-state index in [2.05, 4.69) is 24.6 Å². The zero-order valence-corrected chi connectivity index (χ0v) is 16.5. The Morgan fingerprint density at radius 3 is 2.82 bits per heavy atom. The summed E-state index contributed by atoms with van der Waals surface area (Å²) in [5.74, 6) is 0.246. The van der Waals surface area contributed by atoms with Crippen molar-refractivity contribution in [3.05, 3.63) is 77.1 Å². The van der Waals surface area contributed by atoms with E-state index in [1.807, 2.05) is 41.3 Å². The molecule has 0 radical (unpaired) electrons. The van der Waals surface area contributed by atoms with Crippen LogP contribution in [0.3, 0.4) is 0 Å². The number of aromatic nitrogens is 2. The van der Waals surface area contributed by atoms with Crippen molar-refractivity contribution in [1.82, 2.24) is 9.55 Å². The predicted molar refractivity (Wildman–Crippen MR) is 114 cm³/mol. The van der Waals surface area contributed by atoms with Crippen molar-refractivity contribution in [1.29, 1.82) is 0 Å². The van der Waals surface area contributed by atoms with Gasteiger partial charge in [-0.05, 0) is 37.1 Å². The van der Waals surface area contributed by atoms with Gasteiger partial charge in [0.15, 0.2) is 5.16 Å². The van der Waals surface area contributed by atoms with Crippen LogP contribution in [0.2, 0.25) is 0 Å². The molecule has 142 valence electrons. The zero-order chi connectivity index (χ0) is 19.7. The SMILES string of the molecule is C=CCn1c(SCC(=O)N2c3ccccc3C[C@H]2C)nc2ccccc2c1=O. The van der Waals surface area contributed by atoms with E-state index in [1.165, 1.54) is 17.3 Å². The summed E-state index contributed by atoms with van der Waals surface area (Å²) in [4.78, 5) is 32.3. The number of nitrogens with zero attached hydrogens (tertiary/aromatic N) is 3. The highest BCUT2D eigenvalue weighted by molar-refractivity contribution is 7.99. The summed E-state index contributed by atoms with van der Waals surface area (Å²) in [6, 6.07) is 15.4. The molecule has 1 atom stereocenters. The van der Waals surface area contributed by atoms with E-state index in [0.717, 1.165) is 12.1 Å². The van der Waals surface area contributed by atoms with E-state index in [0.29, 0.717) is 22.6 Å². The molecule has 0 N–H and O–H groups in total. The first kappa shape index (κ1) is 18.5. The molecule has 3 aromatic rings. The average Bonchev–Trinajstić information content (AvgIpc) is 3.04. The summed E-state index contributed by atoms with van der Waals surface area (Å²) in [5, 5.41) is 1.11. The van der Waals surface area contributed by atoms with Gasteiger partial charge in [0, 0.05) is 18.3 Å². The molecule has 0 aliphatic carbocycles. The van der Waals surface area contributed by atoms with Gasteiger partial charge in [-0.15, -0.1) is 6.58 Å². The average molecular weight is 391 g/mol. The molecular formula is C22H21N3O2S. The normalized spacial score (nSPS) is 15.6. The fourth-order valence-corrected chi connectivity index (χ4v) is 4.56. The molecule has 0 saturated carbocycles. The van der Waals surface area contributed by atoms with Gasteiger partial charge in [0.05, 0.1) is 16.7 Å². The van der Waals surface area contributed by atoms with E-state index in [1.54, 1.807) is 16.7 Å². The Kier molecular flexibility index (Phi) is 5.05. The monoisotopic (exact) mass is 391 g/mol. The molecule has 1 aliphatic heterocycles. The summed E-state index contributed by atoms with van der Waals surface area (Å²) in [5.41, 5.74) is 2.71. The highest BCUT2D eigenvalue weighted by Crippen LogP contribution is 2.32. The molecule has 0 bridgehead atoms. The van der Waals surface area contributed by atoms with Crippen molar-refractivity contribution >= 4 is 34.3 Å². The maximum atomic E-state index is 13.0. The fourth-order valence-electron chi connectivity index (χ4n) is 3.69. The lowest BCUT2D eigenvalue weighted by atomic mass is 10.1. The molecule has 0 fully saturated rings. The smallest absolute Gasteiger partial charge is 0.262 e. The minimum Gasteiger partial charge on any atom is -0.308 e. The summed E-state index contributed by atoms with van der Waals surface area (Å²) >= 11 is 1.30. The Labute approximate surface area is 167 Å². The van der Waals surface area contributed by atoms with Crippen LogP contribution < -0.4 is 10.5 Å². The lowest BCUT2D eigenvalue weighted by Gasteiger charge is -2.22. The van der Waals surface area contributed by atoms with Gasteiger partial charge in [-0.25, -0.2) is 4.98 Å². The first-order valence-electron chi connectivity index (χ1n) is 9.23. The number of anilines is 1. The van der Waals surface area contributed by atoms with Crippen LogP contribution >= 0.6 is 11.8 Å². The minimum absolute atomic E-state index is 0.0232. The second-order valence-electron chi connectivity index (χ2n) is 6.85. The standard InChI is InChI=1S/C22H21N3O2S/c1-3-12-24-21(27)17-9-5-6-10-18(17)23-22(24)28-14-20(26)25-15(2)13-16-8-4-7-11-19(16)25/h3-11,15H,1,12-14H2,2H3/t15-/m1/s1. The van der Waals surface area contributed by atoms with Crippen LogP contribution in [0, 0.1) is 0 Å². The third kappa shape index (κ3) is 3.24. The summed E-state index contributed by atoms with van der Waals surface area (Å²) in [6.07, 6.45) is 2.53. The van der Waals surface area contributed by atoms with Gasteiger partial charge in [0.1, 0.15) is 0 Å². The van der Waals surface area contributed by atoms with E-state index >= 15 is 0 Å². The molecule has 1 aromatic heterocycles. The lowest BCUT2D eigenvalue weighted by molar-refractivity contribution is -0.116. The van der Waals surface area contributed by atoms with Crippen LogP contribution in [0.4, 0.5) is 5.69 Å². The quantitative estimate of drug-likeness (QED) is 0.378. The predicted octanol–water partition coefficient (Wildman–Crippen LogP) is 3.65. The Morgan fingerprint density at radius 2 is 2.00 bits per heavy atom. The largest absolute Gasteiger partial charge is 0.308 e. The van der Waals surface area contributed by atoms with Crippen molar-refractivity contribution in [2.24, 2.45) is 0 Å². The number of amides is 1. The van der Waals surface area contributed by atoms with Crippen LogP contribution in [0.5, 0.6) is 0 Å². The van der Waals surface area contributed by atoms with Crippen molar-refractivity contribution < 1.29 is 4.79 Å². The van der Waals surface area contributed by atoms with Crippen LogP contribution in [-0.2, 0) is 17.8 Å². The maximum Gasteiger partial charge on any atom is 0.262 e. The number of para-hydroxylation sites is 2. The van der Waals surface area contributed by atoms with E-state index < -0.39 is 0 Å². The fraction of sp³-hybridized carbons (Fsp3) is 0.227. The van der Waals surface area contributed by atoms with E-state index in [4.69, 9.17) is 0 Å². The first-order chi connectivity index (χ1) is 13.6. The number of hydrogen-bond donors (Lipinski definition) is 0. The molecule has 6 heteroatoms. The molecule has 0 unspecified atom stereocenters. The lowest BCUT2D eigenvalue weighted by Crippen LogP contribution is -2.37. The zero-order valence-electron chi connectivity index (χ0n) is 15.7. The highest BCUT2D eigenvalue weighted by Gasteiger charge is 2.30. The number of hydrogen-bond acceptors (Lipinski definition) is 4. The van der Waals surface area contributed by atoms with Gasteiger partial charge in [-0.2, -0.15) is 0 Å². The van der Waals surface area contributed by atoms with Gasteiger partial charge >= 0.3 is 0 Å². The Morgan fingerprint density at radius 1 is 1.25 bits per heavy atom. The third-order valence-electron chi connectivity index (χ3n) is 4.94. The molecule has 2 aromatic carbocycles. The van der Waals surface area contributed by atoms with E-state index in [-0.39, 0.29) is 23.3 Å².